The number of amides is 1. The average molecular weight is 318 g/mol. The number of ether oxygens (including phenoxy) is 1. The molecule has 2 rings (SSSR count). The minimum absolute atomic E-state index is 0.277. The van der Waals surface area contributed by atoms with Crippen molar-refractivity contribution in [1.82, 2.24) is 15.8 Å². The maximum atomic E-state index is 12.2. The van der Waals surface area contributed by atoms with Crippen molar-refractivity contribution in [1.29, 1.82) is 0 Å². The van der Waals surface area contributed by atoms with Gasteiger partial charge in [0.25, 0.3) is 5.91 Å². The number of benzene rings is 1. The van der Waals surface area contributed by atoms with Gasteiger partial charge < -0.3 is 10.5 Å². The number of nitrogen functional groups attached to an aromatic ring is 1. The van der Waals surface area contributed by atoms with Gasteiger partial charge in [0, 0.05) is 0 Å². The topological polar surface area (TPSA) is 89.3 Å². The molecule has 1 heterocycles. The molecule has 0 atom stereocenters. The van der Waals surface area contributed by atoms with E-state index in [1.807, 2.05) is 31.2 Å². The quantitative estimate of drug-likeness (QED) is 0.711. The second-order valence-corrected chi connectivity index (χ2v) is 5.50. The Kier molecular flexibility index (Phi) is 5.00. The van der Waals surface area contributed by atoms with Crippen LogP contribution in [0.15, 0.2) is 30.8 Å². The lowest BCUT2D eigenvalue weighted by Crippen LogP contribution is -2.35. The number of anilines is 1. The molecule has 0 aliphatic carbocycles. The van der Waals surface area contributed by atoms with Crippen molar-refractivity contribution in [2.45, 2.75) is 13.3 Å². The Labute approximate surface area is 133 Å². The number of methoxy groups -OCH3 is 1. The summed E-state index contributed by atoms with van der Waals surface area (Å²) in [6.07, 6.45) is 0.649. The maximum Gasteiger partial charge on any atom is 0.281 e. The highest BCUT2D eigenvalue weighted by atomic mass is 32.1. The Morgan fingerprint density at radius 3 is 2.64 bits per heavy atom. The molecule has 1 aromatic carbocycles. The van der Waals surface area contributed by atoms with Crippen molar-refractivity contribution < 1.29 is 9.53 Å². The van der Waals surface area contributed by atoms with Crippen molar-refractivity contribution in [3.05, 3.63) is 47.0 Å². The van der Waals surface area contributed by atoms with Crippen LogP contribution in [0.25, 0.3) is 5.70 Å². The number of hydrogen-bond acceptors (Lipinski definition) is 6. The van der Waals surface area contributed by atoms with E-state index in [0.717, 1.165) is 11.3 Å². The van der Waals surface area contributed by atoms with Crippen LogP contribution < -0.4 is 21.3 Å². The third kappa shape index (κ3) is 3.56. The van der Waals surface area contributed by atoms with Gasteiger partial charge in [-0.2, -0.15) is 0 Å². The molecule has 0 unspecified atom stereocenters. The predicted molar refractivity (Wildman–Crippen MR) is 88.5 cm³/mol. The summed E-state index contributed by atoms with van der Waals surface area (Å²) in [6.45, 7) is 5.82. The number of aryl methyl sites for hydroxylation is 1. The van der Waals surface area contributed by atoms with Crippen LogP contribution in [0, 0.1) is 0 Å². The van der Waals surface area contributed by atoms with Crippen LogP contribution in [-0.2, 0) is 6.42 Å². The number of carbonyl (C=O) groups excluding carboxylic acids is 1. The van der Waals surface area contributed by atoms with Crippen LogP contribution >= 0.6 is 11.3 Å². The van der Waals surface area contributed by atoms with E-state index in [2.05, 4.69) is 22.4 Å². The summed E-state index contributed by atoms with van der Waals surface area (Å²) < 4.78 is 5.10. The number of nitrogens with zero attached hydrogens (tertiary/aromatic N) is 1. The molecule has 4 N–H and O–H groups in total. The fourth-order valence-electron chi connectivity index (χ4n) is 1.84. The molecule has 0 radical (unpaired) electrons. The van der Waals surface area contributed by atoms with E-state index in [0.29, 0.717) is 27.8 Å². The Morgan fingerprint density at radius 2 is 2.05 bits per heavy atom. The fraction of sp³-hybridized carbons (Fsp3) is 0.200. The van der Waals surface area contributed by atoms with Gasteiger partial charge >= 0.3 is 0 Å². The largest absolute Gasteiger partial charge is 0.497 e. The van der Waals surface area contributed by atoms with Crippen molar-refractivity contribution in [2.24, 2.45) is 0 Å². The maximum absolute atomic E-state index is 12.2. The summed E-state index contributed by atoms with van der Waals surface area (Å²) in [5.41, 5.74) is 13.2. The lowest BCUT2D eigenvalue weighted by Gasteiger charge is -2.11. The van der Waals surface area contributed by atoms with Gasteiger partial charge in [-0.05, 0) is 36.2 Å². The zero-order valence-corrected chi connectivity index (χ0v) is 13.3. The molecule has 2 aromatic rings. The van der Waals surface area contributed by atoms with Crippen molar-refractivity contribution in [3.63, 3.8) is 0 Å². The molecule has 0 saturated carbocycles. The van der Waals surface area contributed by atoms with E-state index in [9.17, 15) is 4.79 Å². The molecule has 1 aromatic heterocycles. The van der Waals surface area contributed by atoms with Gasteiger partial charge in [-0.3, -0.25) is 15.6 Å². The molecule has 1 amide bonds. The number of aromatic nitrogens is 1. The number of carbonyl (C=O) groups is 1. The molecule has 7 heteroatoms. The highest BCUT2D eigenvalue weighted by molar-refractivity contribution is 7.17. The standard InChI is InChI=1S/C15H18N4O2S/c1-4-12-13(22-15(16)17-12)14(20)19-18-9(2)10-5-7-11(21-3)8-6-10/h5-8,18H,2,4H2,1,3H3,(H2,16,17)(H,19,20). The van der Waals surface area contributed by atoms with Crippen LogP contribution in [-0.4, -0.2) is 18.0 Å². The van der Waals surface area contributed by atoms with Crippen LogP contribution in [0.3, 0.4) is 0 Å². The number of rotatable bonds is 6. The van der Waals surface area contributed by atoms with Crippen LogP contribution in [0.4, 0.5) is 5.13 Å². The smallest absolute Gasteiger partial charge is 0.281 e. The van der Waals surface area contributed by atoms with Gasteiger partial charge in [0.15, 0.2) is 5.13 Å². The summed E-state index contributed by atoms with van der Waals surface area (Å²) in [4.78, 5) is 16.8. The number of hydrazine groups is 1. The van der Waals surface area contributed by atoms with Crippen LogP contribution in [0.5, 0.6) is 5.75 Å². The van der Waals surface area contributed by atoms with Crippen molar-refractivity contribution >= 4 is 28.1 Å². The van der Waals surface area contributed by atoms with E-state index < -0.39 is 0 Å². The van der Waals surface area contributed by atoms with Gasteiger partial charge in [0.2, 0.25) is 0 Å². The van der Waals surface area contributed by atoms with Crippen molar-refractivity contribution in [2.75, 3.05) is 12.8 Å². The van der Waals surface area contributed by atoms with Gasteiger partial charge in [-0.25, -0.2) is 4.98 Å². The molecule has 0 fully saturated rings. The number of hydrogen-bond donors (Lipinski definition) is 3. The minimum atomic E-state index is -0.277. The molecule has 0 saturated heterocycles. The van der Waals surface area contributed by atoms with E-state index >= 15 is 0 Å². The van der Waals surface area contributed by atoms with Gasteiger partial charge in [0.1, 0.15) is 10.6 Å². The van der Waals surface area contributed by atoms with Crippen LogP contribution in [0.2, 0.25) is 0 Å². The number of thiazole rings is 1. The highest BCUT2D eigenvalue weighted by Gasteiger charge is 2.15. The molecule has 6 nitrogen and oxygen atoms in total. The third-order valence-corrected chi connectivity index (χ3v) is 3.95. The molecule has 0 aliphatic heterocycles. The van der Waals surface area contributed by atoms with E-state index in [1.54, 1.807) is 7.11 Å². The van der Waals surface area contributed by atoms with Crippen molar-refractivity contribution in [3.8, 4) is 5.75 Å². The summed E-state index contributed by atoms with van der Waals surface area (Å²) >= 11 is 1.17. The Hall–Kier alpha value is -2.54. The van der Waals surface area contributed by atoms with Gasteiger partial charge in [-0.15, -0.1) is 0 Å². The Balaban J connectivity index is 1.99. The number of nitrogens with two attached hydrogens (primary N) is 1. The molecule has 0 aliphatic rings. The fourth-order valence-corrected chi connectivity index (χ4v) is 2.66. The van der Waals surface area contributed by atoms with E-state index in [4.69, 9.17) is 10.5 Å². The molecular weight excluding hydrogens is 300 g/mol. The molecular formula is C15H18N4O2S. The lowest BCUT2D eigenvalue weighted by molar-refractivity contribution is 0.0945. The Bertz CT molecular complexity index is 679. The summed E-state index contributed by atoms with van der Waals surface area (Å²) in [5, 5.41) is 0.385. The SMILES string of the molecule is C=C(NNC(=O)c1sc(N)nc1CC)c1ccc(OC)cc1. The average Bonchev–Trinajstić information content (AvgIpc) is 2.93. The molecule has 0 spiro atoms. The first-order valence-corrected chi connectivity index (χ1v) is 7.51. The van der Waals surface area contributed by atoms with Gasteiger partial charge in [0.05, 0.1) is 18.5 Å². The second kappa shape index (κ2) is 6.95. The summed E-state index contributed by atoms with van der Waals surface area (Å²) in [7, 11) is 1.61. The molecule has 22 heavy (non-hydrogen) atoms. The first kappa shape index (κ1) is 15.8. The van der Waals surface area contributed by atoms with Gasteiger partial charge in [-0.1, -0.05) is 24.8 Å². The zero-order valence-electron chi connectivity index (χ0n) is 12.5. The first-order chi connectivity index (χ1) is 10.5. The molecule has 0 bridgehead atoms. The third-order valence-electron chi connectivity index (χ3n) is 3.02. The predicted octanol–water partition coefficient (Wildman–Crippen LogP) is 2.20. The zero-order chi connectivity index (χ0) is 16.1. The highest BCUT2D eigenvalue weighted by Crippen LogP contribution is 2.21. The normalized spacial score (nSPS) is 10.1. The first-order valence-electron chi connectivity index (χ1n) is 6.70. The summed E-state index contributed by atoms with van der Waals surface area (Å²) in [6, 6.07) is 7.34. The summed E-state index contributed by atoms with van der Waals surface area (Å²) in [5.74, 6) is 0.481. The monoisotopic (exact) mass is 318 g/mol. The second-order valence-electron chi connectivity index (χ2n) is 4.47. The number of nitrogens with one attached hydrogen (secondary N) is 2. The minimum Gasteiger partial charge on any atom is -0.497 e. The van der Waals surface area contributed by atoms with E-state index in [1.165, 1.54) is 11.3 Å². The lowest BCUT2D eigenvalue weighted by atomic mass is 10.2. The molecule has 116 valence electrons. The Morgan fingerprint density at radius 1 is 1.36 bits per heavy atom. The van der Waals surface area contributed by atoms with E-state index in [-0.39, 0.29) is 5.91 Å². The van der Waals surface area contributed by atoms with Crippen LogP contribution in [0.1, 0.15) is 27.9 Å².